The van der Waals surface area contributed by atoms with Gasteiger partial charge in [-0.05, 0) is 6.42 Å². The molecule has 1 fully saturated rings. The third kappa shape index (κ3) is 2.61. The predicted molar refractivity (Wildman–Crippen MR) is 45.2 cm³/mol. The van der Waals surface area contributed by atoms with E-state index in [9.17, 15) is 27.2 Å². The number of halogens is 4. The topological polar surface area (TPSA) is 49.4 Å². The van der Waals surface area contributed by atoms with Crippen molar-refractivity contribution in [2.45, 2.75) is 18.8 Å². The number of rotatable bonds is 2. The minimum atomic E-state index is -4.73. The molecule has 1 aliphatic heterocycles. The zero-order valence-electron chi connectivity index (χ0n) is 8.18. The molecule has 0 aliphatic carbocycles. The zero-order valence-corrected chi connectivity index (χ0v) is 8.18. The van der Waals surface area contributed by atoms with Crippen molar-refractivity contribution in [3.63, 3.8) is 0 Å². The summed E-state index contributed by atoms with van der Waals surface area (Å²) in [5.74, 6) is -7.36. The Morgan fingerprint density at radius 1 is 1.44 bits per heavy atom. The molecule has 0 radical (unpaired) electrons. The molecule has 8 heteroatoms. The van der Waals surface area contributed by atoms with Crippen molar-refractivity contribution >= 4 is 11.8 Å². The lowest BCUT2D eigenvalue weighted by Gasteiger charge is -2.24. The summed E-state index contributed by atoms with van der Waals surface area (Å²) in [4.78, 5) is 22.5. The van der Waals surface area contributed by atoms with Crippen LogP contribution in [0.25, 0.3) is 0 Å². The van der Waals surface area contributed by atoms with Crippen LogP contribution in [0.5, 0.6) is 0 Å². The molecule has 0 atom stereocenters. The number of hydrogen-bond donors (Lipinski definition) is 1. The molecular weight excluding hydrogens is 232 g/mol. The van der Waals surface area contributed by atoms with Crippen molar-refractivity contribution in [1.29, 1.82) is 0 Å². The molecule has 1 heterocycles. The Hall–Kier alpha value is -1.34. The summed E-state index contributed by atoms with van der Waals surface area (Å²) in [7, 11) is 0. The smallest absolute Gasteiger partial charge is 0.354 e. The summed E-state index contributed by atoms with van der Waals surface area (Å²) in [6.07, 6.45) is -3.80. The summed E-state index contributed by atoms with van der Waals surface area (Å²) in [6, 6.07) is 0. The van der Waals surface area contributed by atoms with Gasteiger partial charge in [0.1, 0.15) is 0 Å². The molecule has 1 saturated heterocycles. The first kappa shape index (κ1) is 12.7. The Morgan fingerprint density at radius 3 is 2.62 bits per heavy atom. The minimum Gasteiger partial charge on any atom is -0.354 e. The third-order valence-electron chi connectivity index (χ3n) is 2.11. The second-order valence-electron chi connectivity index (χ2n) is 3.35. The number of alkyl halides is 4. The van der Waals surface area contributed by atoms with Gasteiger partial charge in [-0.25, -0.2) is 8.78 Å². The molecule has 1 aliphatic rings. The molecule has 0 spiro atoms. The summed E-state index contributed by atoms with van der Waals surface area (Å²) < 4.78 is 49.3. The highest BCUT2D eigenvalue weighted by molar-refractivity contribution is 5.89. The molecule has 0 aromatic carbocycles. The fraction of sp³-hybridized carbons (Fsp3) is 0.750. The molecule has 16 heavy (non-hydrogen) atoms. The average molecular weight is 242 g/mol. The first-order valence-corrected chi connectivity index (χ1v) is 4.57. The maximum atomic E-state index is 12.7. The van der Waals surface area contributed by atoms with Crippen LogP contribution in [0, 0.1) is 0 Å². The molecular formula is C8H10F4N2O2. The fourth-order valence-electron chi connectivity index (χ4n) is 1.28. The van der Waals surface area contributed by atoms with E-state index in [4.69, 9.17) is 0 Å². The van der Waals surface area contributed by atoms with Crippen LogP contribution in [0.3, 0.4) is 0 Å². The lowest BCUT2D eigenvalue weighted by Crippen LogP contribution is -2.49. The highest BCUT2D eigenvalue weighted by Crippen LogP contribution is 2.25. The number of amides is 2. The largest absolute Gasteiger partial charge is 0.383 e. The zero-order chi connectivity index (χ0) is 12.3. The van der Waals surface area contributed by atoms with E-state index in [-0.39, 0.29) is 19.5 Å². The van der Waals surface area contributed by atoms with Crippen LogP contribution in [-0.4, -0.2) is 48.7 Å². The molecule has 0 unspecified atom stereocenters. The maximum Gasteiger partial charge on any atom is 0.383 e. The number of nitrogens with one attached hydrogen (secondary N) is 1. The van der Waals surface area contributed by atoms with Gasteiger partial charge in [0.05, 0.1) is 6.54 Å². The molecule has 1 rings (SSSR count). The summed E-state index contributed by atoms with van der Waals surface area (Å²) in [6.45, 7) is -0.510. The van der Waals surface area contributed by atoms with Gasteiger partial charge >= 0.3 is 12.3 Å². The Kier molecular flexibility index (Phi) is 3.71. The number of carbonyl (C=O) groups excluding carboxylic acids is 2. The minimum absolute atomic E-state index is 0.139. The van der Waals surface area contributed by atoms with Crippen LogP contribution in [0.15, 0.2) is 0 Å². The van der Waals surface area contributed by atoms with Crippen LogP contribution in [-0.2, 0) is 9.59 Å². The van der Waals surface area contributed by atoms with E-state index >= 15 is 0 Å². The van der Waals surface area contributed by atoms with Crippen molar-refractivity contribution in [3.8, 4) is 0 Å². The van der Waals surface area contributed by atoms with Gasteiger partial charge in [0, 0.05) is 13.1 Å². The predicted octanol–water partition coefficient (Wildman–Crippen LogP) is 0.235. The van der Waals surface area contributed by atoms with Gasteiger partial charge in [0.2, 0.25) is 5.91 Å². The Balaban J connectivity index is 2.75. The van der Waals surface area contributed by atoms with Crippen molar-refractivity contribution in [1.82, 2.24) is 10.2 Å². The van der Waals surface area contributed by atoms with Crippen LogP contribution >= 0.6 is 0 Å². The van der Waals surface area contributed by atoms with Crippen molar-refractivity contribution in [3.05, 3.63) is 0 Å². The molecule has 0 aromatic rings. The van der Waals surface area contributed by atoms with Crippen LogP contribution in [0.4, 0.5) is 17.6 Å². The first-order chi connectivity index (χ1) is 7.35. The molecule has 1 N–H and O–H groups in total. The SMILES string of the molecule is O=C1CN(C(=O)C(F)(F)C(F)F)CCCN1. The molecule has 4 nitrogen and oxygen atoms in total. The number of nitrogens with zero attached hydrogens (tertiary/aromatic N) is 1. The Morgan fingerprint density at radius 2 is 2.06 bits per heavy atom. The van der Waals surface area contributed by atoms with Gasteiger partial charge in [-0.2, -0.15) is 8.78 Å². The first-order valence-electron chi connectivity index (χ1n) is 4.57. The second kappa shape index (κ2) is 4.67. The molecule has 0 aromatic heterocycles. The number of hydrogen-bond acceptors (Lipinski definition) is 2. The summed E-state index contributed by atoms with van der Waals surface area (Å²) in [5, 5.41) is 2.34. The quantitative estimate of drug-likeness (QED) is 0.705. The van der Waals surface area contributed by atoms with Crippen molar-refractivity contribution < 1.29 is 27.2 Å². The maximum absolute atomic E-state index is 12.7. The lowest BCUT2D eigenvalue weighted by molar-refractivity contribution is -0.180. The van der Waals surface area contributed by atoms with E-state index in [1.165, 1.54) is 0 Å². The summed E-state index contributed by atoms with van der Waals surface area (Å²) >= 11 is 0. The van der Waals surface area contributed by atoms with Crippen LogP contribution in [0.2, 0.25) is 0 Å². The molecule has 2 amide bonds. The van der Waals surface area contributed by atoms with E-state index in [0.717, 1.165) is 0 Å². The lowest BCUT2D eigenvalue weighted by atomic mass is 10.2. The van der Waals surface area contributed by atoms with Gasteiger partial charge < -0.3 is 10.2 Å². The second-order valence-corrected chi connectivity index (χ2v) is 3.35. The highest BCUT2D eigenvalue weighted by Gasteiger charge is 2.51. The standard InChI is InChI=1S/C8H10F4N2O2/c9-6(10)8(11,12)7(16)14-3-1-2-13-5(15)4-14/h6H,1-4H2,(H,13,15). The Labute approximate surface area is 88.6 Å². The van der Waals surface area contributed by atoms with E-state index in [0.29, 0.717) is 4.90 Å². The molecule has 0 saturated carbocycles. The summed E-state index contributed by atoms with van der Waals surface area (Å²) in [5.41, 5.74) is 0. The number of carbonyl (C=O) groups is 2. The van der Waals surface area contributed by atoms with Gasteiger partial charge in [-0.3, -0.25) is 9.59 Å². The molecule has 0 bridgehead atoms. The van der Waals surface area contributed by atoms with Crippen molar-refractivity contribution in [2.75, 3.05) is 19.6 Å². The van der Waals surface area contributed by atoms with E-state index in [1.54, 1.807) is 0 Å². The average Bonchev–Trinajstić information content (AvgIpc) is 2.41. The third-order valence-corrected chi connectivity index (χ3v) is 2.11. The highest BCUT2D eigenvalue weighted by atomic mass is 19.3. The van der Waals surface area contributed by atoms with Gasteiger partial charge in [-0.15, -0.1) is 0 Å². The van der Waals surface area contributed by atoms with Crippen LogP contribution < -0.4 is 5.32 Å². The normalized spacial score (nSPS) is 18.3. The fourth-order valence-corrected chi connectivity index (χ4v) is 1.28. The monoisotopic (exact) mass is 242 g/mol. The van der Waals surface area contributed by atoms with Gasteiger partial charge in [0.15, 0.2) is 0 Å². The van der Waals surface area contributed by atoms with Crippen LogP contribution in [0.1, 0.15) is 6.42 Å². The van der Waals surface area contributed by atoms with E-state index in [2.05, 4.69) is 5.32 Å². The van der Waals surface area contributed by atoms with Crippen molar-refractivity contribution in [2.24, 2.45) is 0 Å². The van der Waals surface area contributed by atoms with E-state index in [1.807, 2.05) is 0 Å². The Bertz CT molecular complexity index is 296. The van der Waals surface area contributed by atoms with Gasteiger partial charge in [-0.1, -0.05) is 0 Å². The van der Waals surface area contributed by atoms with E-state index < -0.39 is 30.7 Å². The van der Waals surface area contributed by atoms with Gasteiger partial charge in [0.25, 0.3) is 5.91 Å². The molecule has 92 valence electrons.